The molecule has 1 aliphatic carbocycles. The van der Waals surface area contributed by atoms with Gasteiger partial charge in [-0.3, -0.25) is 0 Å². The van der Waals surface area contributed by atoms with Crippen LogP contribution in [-0.4, -0.2) is 0 Å². The molecule has 0 heterocycles. The van der Waals surface area contributed by atoms with Crippen molar-refractivity contribution in [2.45, 2.75) is 66.7 Å². The van der Waals surface area contributed by atoms with Crippen LogP contribution in [0.4, 0.5) is 0 Å². The molecule has 0 aromatic heterocycles. The minimum atomic E-state index is 0.669. The summed E-state index contributed by atoms with van der Waals surface area (Å²) in [5.41, 5.74) is 5.03. The molecule has 1 aliphatic rings. The van der Waals surface area contributed by atoms with Crippen LogP contribution in [0, 0.1) is 23.7 Å². The highest BCUT2D eigenvalue weighted by molar-refractivity contribution is 5.08. The Morgan fingerprint density at radius 1 is 1.21 bits per heavy atom. The SMILES string of the molecule is CCC=C=CC(CC(=CC(C)C)CC)C(C)C1CC1. The predicted octanol–water partition coefficient (Wildman–Crippen LogP) is 6.15. The van der Waals surface area contributed by atoms with Gasteiger partial charge in [-0.05, 0) is 67.9 Å². The summed E-state index contributed by atoms with van der Waals surface area (Å²) in [6.45, 7) is 11.5. The third-order valence-corrected chi connectivity index (χ3v) is 4.19. The zero-order chi connectivity index (χ0) is 14.3. The molecular formula is C19H32. The van der Waals surface area contributed by atoms with Crippen molar-refractivity contribution in [1.29, 1.82) is 0 Å². The lowest BCUT2D eigenvalue weighted by Crippen LogP contribution is -2.12. The van der Waals surface area contributed by atoms with E-state index in [1.807, 2.05) is 0 Å². The third kappa shape index (κ3) is 6.30. The molecule has 1 saturated carbocycles. The first-order valence-electron chi connectivity index (χ1n) is 8.19. The molecule has 0 nitrogen and oxygen atoms in total. The standard InChI is InChI=1S/C19H32/c1-6-8-9-10-19(16(5)18-11-12-18)14-17(7-2)13-15(3)4/h8,10,13,15-16,18-19H,6-7,11-12,14H2,1-5H3. The molecule has 0 amide bonds. The highest BCUT2D eigenvalue weighted by Gasteiger charge is 2.32. The quantitative estimate of drug-likeness (QED) is 0.362. The lowest BCUT2D eigenvalue weighted by atomic mass is 9.83. The Morgan fingerprint density at radius 2 is 1.89 bits per heavy atom. The molecule has 0 aromatic carbocycles. The van der Waals surface area contributed by atoms with Gasteiger partial charge in [0.15, 0.2) is 0 Å². The van der Waals surface area contributed by atoms with Crippen LogP contribution in [0.15, 0.2) is 29.5 Å². The maximum atomic E-state index is 3.40. The number of hydrogen-bond acceptors (Lipinski definition) is 0. The zero-order valence-electron chi connectivity index (χ0n) is 13.6. The van der Waals surface area contributed by atoms with Gasteiger partial charge in [-0.2, -0.15) is 0 Å². The van der Waals surface area contributed by atoms with Crippen molar-refractivity contribution in [2.75, 3.05) is 0 Å². The van der Waals surface area contributed by atoms with Crippen LogP contribution in [-0.2, 0) is 0 Å². The number of hydrogen-bond donors (Lipinski definition) is 0. The van der Waals surface area contributed by atoms with Crippen molar-refractivity contribution in [2.24, 2.45) is 23.7 Å². The largest absolute Gasteiger partial charge is 0.129 e. The molecule has 2 atom stereocenters. The van der Waals surface area contributed by atoms with E-state index in [0.29, 0.717) is 11.8 Å². The molecule has 2 unspecified atom stereocenters. The second-order valence-corrected chi connectivity index (χ2v) is 6.43. The topological polar surface area (TPSA) is 0 Å². The van der Waals surface area contributed by atoms with Crippen LogP contribution in [0.1, 0.15) is 66.7 Å². The third-order valence-electron chi connectivity index (χ3n) is 4.19. The van der Waals surface area contributed by atoms with Crippen LogP contribution >= 0.6 is 0 Å². The lowest BCUT2D eigenvalue weighted by molar-refractivity contribution is 0.376. The van der Waals surface area contributed by atoms with Crippen molar-refractivity contribution in [3.05, 3.63) is 29.5 Å². The Hall–Kier alpha value is -0.740. The van der Waals surface area contributed by atoms with Gasteiger partial charge in [-0.1, -0.05) is 46.3 Å². The van der Waals surface area contributed by atoms with Gasteiger partial charge in [0.25, 0.3) is 0 Å². The first kappa shape index (κ1) is 16.3. The minimum absolute atomic E-state index is 0.669. The fraction of sp³-hybridized carbons (Fsp3) is 0.737. The maximum absolute atomic E-state index is 3.40. The van der Waals surface area contributed by atoms with Crippen LogP contribution < -0.4 is 0 Å². The van der Waals surface area contributed by atoms with E-state index in [2.05, 4.69) is 58.6 Å². The van der Waals surface area contributed by atoms with Gasteiger partial charge in [-0.25, -0.2) is 0 Å². The van der Waals surface area contributed by atoms with E-state index in [9.17, 15) is 0 Å². The van der Waals surface area contributed by atoms with E-state index in [0.717, 1.165) is 18.3 Å². The minimum Gasteiger partial charge on any atom is -0.129 e. The predicted molar refractivity (Wildman–Crippen MR) is 86.2 cm³/mol. The number of rotatable bonds is 8. The zero-order valence-corrected chi connectivity index (χ0v) is 13.6. The van der Waals surface area contributed by atoms with Crippen molar-refractivity contribution in [3.8, 4) is 0 Å². The maximum Gasteiger partial charge on any atom is -0.00920 e. The monoisotopic (exact) mass is 260 g/mol. The summed E-state index contributed by atoms with van der Waals surface area (Å²) in [5, 5.41) is 0. The molecule has 0 aromatic rings. The Labute approximate surface area is 120 Å². The van der Waals surface area contributed by atoms with Gasteiger partial charge in [0, 0.05) is 0 Å². The molecule has 19 heavy (non-hydrogen) atoms. The van der Waals surface area contributed by atoms with E-state index >= 15 is 0 Å². The van der Waals surface area contributed by atoms with Gasteiger partial charge >= 0.3 is 0 Å². The highest BCUT2D eigenvalue weighted by atomic mass is 14.4. The smallest absolute Gasteiger partial charge is 0.00920 e. The summed E-state index contributed by atoms with van der Waals surface area (Å²) >= 11 is 0. The Kier molecular flexibility index (Phi) is 7.24. The van der Waals surface area contributed by atoms with Crippen LogP contribution in [0.3, 0.4) is 0 Å². The summed E-state index contributed by atoms with van der Waals surface area (Å²) in [5.74, 6) is 3.14. The number of allylic oxidation sites excluding steroid dienone is 3. The van der Waals surface area contributed by atoms with Crippen molar-refractivity contribution in [3.63, 3.8) is 0 Å². The fourth-order valence-electron chi connectivity index (χ4n) is 2.78. The Morgan fingerprint density at radius 3 is 2.37 bits per heavy atom. The van der Waals surface area contributed by atoms with Crippen molar-refractivity contribution < 1.29 is 0 Å². The molecule has 0 spiro atoms. The molecule has 0 saturated heterocycles. The van der Waals surface area contributed by atoms with E-state index in [1.54, 1.807) is 5.57 Å². The van der Waals surface area contributed by atoms with Gasteiger partial charge in [0.2, 0.25) is 0 Å². The van der Waals surface area contributed by atoms with E-state index in [4.69, 9.17) is 0 Å². The first-order valence-corrected chi connectivity index (χ1v) is 8.19. The highest BCUT2D eigenvalue weighted by Crippen LogP contribution is 2.42. The molecule has 0 heteroatoms. The molecule has 0 radical (unpaired) electrons. The van der Waals surface area contributed by atoms with Crippen LogP contribution in [0.2, 0.25) is 0 Å². The van der Waals surface area contributed by atoms with E-state index < -0.39 is 0 Å². The average Bonchev–Trinajstić information content (AvgIpc) is 3.19. The second kappa shape index (κ2) is 8.43. The van der Waals surface area contributed by atoms with E-state index in [1.165, 1.54) is 25.7 Å². The lowest BCUT2D eigenvalue weighted by Gasteiger charge is -2.21. The molecule has 0 bridgehead atoms. The average molecular weight is 260 g/mol. The van der Waals surface area contributed by atoms with Gasteiger partial charge in [-0.15, -0.1) is 5.73 Å². The Bertz CT molecular complexity index is 335. The second-order valence-electron chi connectivity index (χ2n) is 6.43. The van der Waals surface area contributed by atoms with Crippen LogP contribution in [0.25, 0.3) is 0 Å². The summed E-state index contributed by atoms with van der Waals surface area (Å²) < 4.78 is 0. The molecule has 1 fully saturated rings. The summed E-state index contributed by atoms with van der Waals surface area (Å²) in [7, 11) is 0. The van der Waals surface area contributed by atoms with Gasteiger partial charge < -0.3 is 0 Å². The molecule has 0 aliphatic heterocycles. The van der Waals surface area contributed by atoms with Crippen molar-refractivity contribution >= 4 is 0 Å². The summed E-state index contributed by atoms with van der Waals surface area (Å²) in [6, 6.07) is 0. The molecular weight excluding hydrogens is 228 g/mol. The molecule has 1 rings (SSSR count). The van der Waals surface area contributed by atoms with Crippen molar-refractivity contribution in [1.82, 2.24) is 0 Å². The van der Waals surface area contributed by atoms with E-state index in [-0.39, 0.29) is 0 Å². The normalized spacial score (nSPS) is 18.9. The van der Waals surface area contributed by atoms with Gasteiger partial charge in [0.1, 0.15) is 0 Å². The molecule has 0 N–H and O–H groups in total. The first-order chi connectivity index (χ1) is 9.08. The fourth-order valence-corrected chi connectivity index (χ4v) is 2.78. The van der Waals surface area contributed by atoms with Gasteiger partial charge in [0.05, 0.1) is 0 Å². The van der Waals surface area contributed by atoms with Crippen LogP contribution in [0.5, 0.6) is 0 Å². The Balaban J connectivity index is 2.74. The summed E-state index contributed by atoms with van der Waals surface area (Å²) in [6.07, 6.45) is 13.4. The summed E-state index contributed by atoms with van der Waals surface area (Å²) in [4.78, 5) is 0. The molecule has 108 valence electrons.